The molecule has 4 heteroatoms. The van der Waals surface area contributed by atoms with Crippen LogP contribution in [0.4, 0.5) is 0 Å². The first kappa shape index (κ1) is 17.7. The second-order valence-corrected chi connectivity index (χ2v) is 7.42. The minimum absolute atomic E-state index is 0.0309. The summed E-state index contributed by atoms with van der Waals surface area (Å²) in [6.07, 6.45) is 1.64. The molecule has 4 nitrogen and oxygen atoms in total. The van der Waals surface area contributed by atoms with Crippen molar-refractivity contribution < 1.29 is 9.90 Å². The van der Waals surface area contributed by atoms with Crippen LogP contribution in [0.25, 0.3) is 10.9 Å². The van der Waals surface area contributed by atoms with Gasteiger partial charge in [-0.15, -0.1) is 0 Å². The van der Waals surface area contributed by atoms with Gasteiger partial charge in [0, 0.05) is 11.9 Å². The maximum Gasteiger partial charge on any atom is 0.307 e. The van der Waals surface area contributed by atoms with Crippen LogP contribution in [-0.4, -0.2) is 34.0 Å². The van der Waals surface area contributed by atoms with Gasteiger partial charge in [0.25, 0.3) is 0 Å². The van der Waals surface area contributed by atoms with Crippen LogP contribution in [0, 0.1) is 12.8 Å². The molecule has 1 N–H and O–H groups in total. The lowest BCUT2D eigenvalue weighted by Crippen LogP contribution is -2.41. The molecule has 0 amide bonds. The SMILES string of the molecule is Cc1cccc(C(c2ccc3ccccc3n2)N2CCCC(C(=O)O)C2)c1. The molecule has 2 aromatic carbocycles. The summed E-state index contributed by atoms with van der Waals surface area (Å²) in [7, 11) is 0. The predicted molar refractivity (Wildman–Crippen MR) is 107 cm³/mol. The number of fused-ring (bicyclic) bond motifs is 1. The number of piperidine rings is 1. The number of carbonyl (C=O) groups is 1. The maximum atomic E-state index is 11.6. The van der Waals surface area contributed by atoms with Crippen LogP contribution in [0.2, 0.25) is 0 Å². The van der Waals surface area contributed by atoms with Gasteiger partial charge in [-0.25, -0.2) is 0 Å². The van der Waals surface area contributed by atoms with E-state index in [9.17, 15) is 9.90 Å². The number of benzene rings is 2. The Labute approximate surface area is 159 Å². The molecule has 0 saturated carbocycles. The van der Waals surface area contributed by atoms with E-state index in [1.54, 1.807) is 0 Å². The number of aromatic nitrogens is 1. The lowest BCUT2D eigenvalue weighted by molar-refractivity contribution is -0.143. The van der Waals surface area contributed by atoms with Crippen LogP contribution >= 0.6 is 0 Å². The average Bonchev–Trinajstić information content (AvgIpc) is 2.68. The Bertz CT molecular complexity index is 969. The molecule has 0 spiro atoms. The van der Waals surface area contributed by atoms with Gasteiger partial charge in [-0.3, -0.25) is 14.7 Å². The average molecular weight is 360 g/mol. The molecule has 138 valence electrons. The standard InChI is InChI=1S/C23H24N2O2/c1-16-6-4-8-18(14-16)22(25-13-5-9-19(15-25)23(26)27)21-12-11-17-7-2-3-10-20(17)24-21/h2-4,6-8,10-12,14,19,22H,5,9,13,15H2,1H3,(H,26,27). The summed E-state index contributed by atoms with van der Waals surface area (Å²) >= 11 is 0. The number of para-hydroxylation sites is 1. The van der Waals surface area contributed by atoms with Gasteiger partial charge in [-0.1, -0.05) is 54.1 Å². The Morgan fingerprint density at radius 3 is 2.81 bits per heavy atom. The molecule has 27 heavy (non-hydrogen) atoms. The van der Waals surface area contributed by atoms with Gasteiger partial charge in [-0.2, -0.15) is 0 Å². The normalized spacial score (nSPS) is 19.1. The van der Waals surface area contributed by atoms with E-state index in [0.29, 0.717) is 6.54 Å². The van der Waals surface area contributed by atoms with Gasteiger partial charge in [0.1, 0.15) is 0 Å². The first-order valence-electron chi connectivity index (χ1n) is 9.51. The number of pyridine rings is 1. The molecule has 3 aromatic rings. The summed E-state index contributed by atoms with van der Waals surface area (Å²) in [6.45, 7) is 3.53. The highest BCUT2D eigenvalue weighted by Crippen LogP contribution is 2.33. The van der Waals surface area contributed by atoms with Crippen LogP contribution in [0.3, 0.4) is 0 Å². The minimum Gasteiger partial charge on any atom is -0.481 e. The molecule has 0 bridgehead atoms. The number of hydrogen-bond acceptors (Lipinski definition) is 3. The van der Waals surface area contributed by atoms with E-state index in [1.807, 2.05) is 18.2 Å². The zero-order valence-electron chi connectivity index (χ0n) is 15.5. The molecule has 1 aromatic heterocycles. The fourth-order valence-electron chi connectivity index (χ4n) is 4.09. The fraction of sp³-hybridized carbons (Fsp3) is 0.304. The van der Waals surface area contributed by atoms with Crippen LogP contribution in [-0.2, 0) is 4.79 Å². The molecule has 1 aliphatic heterocycles. The number of hydrogen-bond donors (Lipinski definition) is 1. The number of nitrogens with zero attached hydrogens (tertiary/aromatic N) is 2. The summed E-state index contributed by atoms with van der Waals surface area (Å²) in [5.41, 5.74) is 4.32. The third kappa shape index (κ3) is 3.71. The van der Waals surface area contributed by atoms with Crippen molar-refractivity contribution in [2.24, 2.45) is 5.92 Å². The zero-order valence-corrected chi connectivity index (χ0v) is 15.5. The molecule has 1 fully saturated rings. The molecule has 2 unspecified atom stereocenters. The van der Waals surface area contributed by atoms with Crippen molar-refractivity contribution in [2.45, 2.75) is 25.8 Å². The number of rotatable bonds is 4. The summed E-state index contributed by atoms with van der Waals surface area (Å²) in [6, 6.07) is 20.7. The Morgan fingerprint density at radius 1 is 1.15 bits per heavy atom. The largest absolute Gasteiger partial charge is 0.481 e. The quantitative estimate of drug-likeness (QED) is 0.748. The van der Waals surface area contributed by atoms with Crippen molar-refractivity contribution in [3.05, 3.63) is 77.5 Å². The monoisotopic (exact) mass is 360 g/mol. The van der Waals surface area contributed by atoms with Crippen molar-refractivity contribution in [2.75, 3.05) is 13.1 Å². The molecular formula is C23H24N2O2. The topological polar surface area (TPSA) is 53.4 Å². The van der Waals surface area contributed by atoms with E-state index < -0.39 is 5.97 Å². The molecule has 1 aliphatic rings. The molecule has 2 atom stereocenters. The lowest BCUT2D eigenvalue weighted by atomic mass is 9.92. The van der Waals surface area contributed by atoms with Gasteiger partial charge in [0.2, 0.25) is 0 Å². The summed E-state index contributed by atoms with van der Waals surface area (Å²) < 4.78 is 0. The molecule has 2 heterocycles. The van der Waals surface area contributed by atoms with E-state index in [2.05, 4.69) is 54.3 Å². The number of carboxylic acid groups (broad SMARTS) is 1. The van der Waals surface area contributed by atoms with Crippen molar-refractivity contribution in [1.29, 1.82) is 0 Å². The maximum absolute atomic E-state index is 11.6. The summed E-state index contributed by atoms with van der Waals surface area (Å²) in [4.78, 5) is 18.8. The Hall–Kier alpha value is -2.72. The van der Waals surface area contributed by atoms with Crippen molar-refractivity contribution in [3.8, 4) is 0 Å². The molecular weight excluding hydrogens is 336 g/mol. The van der Waals surface area contributed by atoms with Crippen molar-refractivity contribution in [3.63, 3.8) is 0 Å². The third-order valence-electron chi connectivity index (χ3n) is 5.43. The van der Waals surface area contributed by atoms with Crippen LogP contribution in [0.5, 0.6) is 0 Å². The first-order valence-corrected chi connectivity index (χ1v) is 9.51. The van der Waals surface area contributed by atoms with Crippen LogP contribution in [0.15, 0.2) is 60.7 Å². The van der Waals surface area contributed by atoms with Gasteiger partial charge in [0.05, 0.1) is 23.2 Å². The van der Waals surface area contributed by atoms with E-state index in [4.69, 9.17) is 4.98 Å². The van der Waals surface area contributed by atoms with Gasteiger partial charge >= 0.3 is 5.97 Å². The Balaban J connectivity index is 1.78. The third-order valence-corrected chi connectivity index (χ3v) is 5.43. The van der Waals surface area contributed by atoms with E-state index in [1.165, 1.54) is 11.1 Å². The zero-order chi connectivity index (χ0) is 18.8. The highest BCUT2D eigenvalue weighted by molar-refractivity contribution is 5.78. The van der Waals surface area contributed by atoms with E-state index >= 15 is 0 Å². The van der Waals surface area contributed by atoms with E-state index in [0.717, 1.165) is 36.0 Å². The highest BCUT2D eigenvalue weighted by atomic mass is 16.4. The van der Waals surface area contributed by atoms with Gasteiger partial charge in [-0.05, 0) is 44.0 Å². The summed E-state index contributed by atoms with van der Waals surface area (Å²) in [5.74, 6) is -1.01. The second-order valence-electron chi connectivity index (χ2n) is 7.42. The van der Waals surface area contributed by atoms with Gasteiger partial charge < -0.3 is 5.11 Å². The molecule has 4 rings (SSSR count). The predicted octanol–water partition coefficient (Wildman–Crippen LogP) is 4.43. The van der Waals surface area contributed by atoms with Crippen molar-refractivity contribution >= 4 is 16.9 Å². The van der Waals surface area contributed by atoms with Crippen LogP contribution < -0.4 is 0 Å². The minimum atomic E-state index is -0.700. The Kier molecular flexibility index (Phi) is 4.90. The number of carboxylic acids is 1. The van der Waals surface area contributed by atoms with Gasteiger partial charge in [0.15, 0.2) is 0 Å². The number of aryl methyl sites for hydroxylation is 1. The van der Waals surface area contributed by atoms with Crippen LogP contribution in [0.1, 0.15) is 35.7 Å². The van der Waals surface area contributed by atoms with E-state index in [-0.39, 0.29) is 12.0 Å². The molecule has 0 aliphatic carbocycles. The fourth-order valence-corrected chi connectivity index (χ4v) is 4.09. The lowest BCUT2D eigenvalue weighted by Gasteiger charge is -2.37. The highest BCUT2D eigenvalue weighted by Gasteiger charge is 2.32. The Morgan fingerprint density at radius 2 is 2.00 bits per heavy atom. The summed E-state index contributed by atoms with van der Waals surface area (Å²) in [5, 5.41) is 10.6. The second kappa shape index (κ2) is 7.49. The number of aliphatic carboxylic acids is 1. The smallest absolute Gasteiger partial charge is 0.307 e. The van der Waals surface area contributed by atoms with Crippen molar-refractivity contribution in [1.82, 2.24) is 9.88 Å². The first-order chi connectivity index (χ1) is 13.1. The molecule has 0 radical (unpaired) electrons. The number of likely N-dealkylation sites (tertiary alicyclic amines) is 1. The molecule has 1 saturated heterocycles.